The molecule has 0 heterocycles. The summed E-state index contributed by atoms with van der Waals surface area (Å²) in [6.07, 6.45) is 0. The number of hydrogen-bond donors (Lipinski definition) is 0. The number of benzene rings is 1. The van der Waals surface area contributed by atoms with Crippen molar-refractivity contribution in [1.82, 2.24) is 0 Å². The molecule has 0 aliphatic heterocycles. The van der Waals surface area contributed by atoms with E-state index < -0.39 is 16.5 Å². The summed E-state index contributed by atoms with van der Waals surface area (Å²) in [6, 6.07) is 10.7. The van der Waals surface area contributed by atoms with Crippen molar-refractivity contribution >= 4 is 33.8 Å². The third-order valence-electron chi connectivity index (χ3n) is 2.62. The molecule has 1 aromatic rings. The molecule has 1 rings (SSSR count). The maximum absolute atomic E-state index is 6.19. The molecule has 0 bridgehead atoms. The van der Waals surface area contributed by atoms with Crippen LogP contribution in [-0.4, -0.2) is 22.0 Å². The van der Waals surface area contributed by atoms with Crippen LogP contribution in [0, 0.1) is 0 Å². The molecule has 0 amide bonds. The van der Waals surface area contributed by atoms with E-state index in [4.69, 9.17) is 11.6 Å². The zero-order chi connectivity index (χ0) is 12.4. The van der Waals surface area contributed by atoms with Gasteiger partial charge in [0, 0.05) is 11.2 Å². The van der Waals surface area contributed by atoms with Crippen molar-refractivity contribution in [2.45, 2.75) is 32.7 Å². The minimum atomic E-state index is -1.52. The SMILES string of the molecule is C[Si](C)(C)N(c1ccccc1)[Si](C)(C)CCl. The van der Waals surface area contributed by atoms with E-state index in [1.807, 2.05) is 0 Å². The quantitative estimate of drug-likeness (QED) is 0.583. The first-order valence-electron chi connectivity index (χ1n) is 5.70. The summed E-state index contributed by atoms with van der Waals surface area (Å²) in [5.74, 6) is 0. The maximum atomic E-state index is 6.19. The van der Waals surface area contributed by atoms with Crippen LogP contribution in [0.4, 0.5) is 5.69 Å². The molecule has 0 saturated heterocycles. The zero-order valence-corrected chi connectivity index (χ0v) is 13.7. The average molecular weight is 272 g/mol. The van der Waals surface area contributed by atoms with Gasteiger partial charge in [0.05, 0.1) is 0 Å². The van der Waals surface area contributed by atoms with Crippen LogP contribution in [0.15, 0.2) is 30.3 Å². The molecular formula is C12H22ClNSi2. The van der Waals surface area contributed by atoms with Crippen LogP contribution in [0.5, 0.6) is 0 Å². The molecule has 0 aliphatic carbocycles. The Hall–Kier alpha value is -0.256. The first kappa shape index (κ1) is 13.8. The van der Waals surface area contributed by atoms with Gasteiger partial charge in [-0.05, 0) is 12.1 Å². The fraction of sp³-hybridized carbons (Fsp3) is 0.500. The van der Waals surface area contributed by atoms with E-state index in [0.29, 0.717) is 0 Å². The highest BCUT2D eigenvalue weighted by Gasteiger charge is 2.37. The number of nitrogens with zero attached hydrogens (tertiary/aromatic N) is 1. The van der Waals surface area contributed by atoms with Gasteiger partial charge in [-0.15, -0.1) is 11.6 Å². The Morgan fingerprint density at radius 2 is 1.50 bits per heavy atom. The monoisotopic (exact) mass is 271 g/mol. The lowest BCUT2D eigenvalue weighted by molar-refractivity contribution is 1.34. The number of alkyl halides is 1. The van der Waals surface area contributed by atoms with Gasteiger partial charge in [-0.25, -0.2) is 0 Å². The first-order chi connectivity index (χ1) is 7.29. The molecule has 16 heavy (non-hydrogen) atoms. The van der Waals surface area contributed by atoms with Gasteiger partial charge >= 0.3 is 0 Å². The third-order valence-corrected chi connectivity index (χ3v) is 12.1. The lowest BCUT2D eigenvalue weighted by atomic mass is 10.3. The summed E-state index contributed by atoms with van der Waals surface area (Å²) < 4.78 is 2.66. The van der Waals surface area contributed by atoms with Crippen molar-refractivity contribution in [2.24, 2.45) is 0 Å². The van der Waals surface area contributed by atoms with Gasteiger partial charge in [0.25, 0.3) is 0 Å². The zero-order valence-electron chi connectivity index (χ0n) is 10.9. The normalized spacial score (nSPS) is 12.6. The van der Waals surface area contributed by atoms with Gasteiger partial charge < -0.3 is 4.23 Å². The van der Waals surface area contributed by atoms with Crippen molar-refractivity contribution in [2.75, 3.05) is 9.73 Å². The van der Waals surface area contributed by atoms with Gasteiger partial charge in [-0.1, -0.05) is 50.9 Å². The number of halogens is 1. The summed E-state index contributed by atoms with van der Waals surface area (Å²) >= 11 is 6.19. The Bertz CT molecular complexity index is 333. The van der Waals surface area contributed by atoms with Gasteiger partial charge in [-0.2, -0.15) is 0 Å². The van der Waals surface area contributed by atoms with Crippen LogP contribution in [0.2, 0.25) is 32.7 Å². The highest BCUT2D eigenvalue weighted by Crippen LogP contribution is 2.28. The van der Waals surface area contributed by atoms with Gasteiger partial charge in [0.15, 0.2) is 8.24 Å². The maximum Gasteiger partial charge on any atom is 0.156 e. The van der Waals surface area contributed by atoms with Gasteiger partial charge in [0.2, 0.25) is 0 Å². The predicted octanol–water partition coefficient (Wildman–Crippen LogP) is 4.31. The highest BCUT2D eigenvalue weighted by molar-refractivity contribution is 7.01. The molecule has 0 unspecified atom stereocenters. The molecule has 0 atom stereocenters. The average Bonchev–Trinajstić information content (AvgIpc) is 2.17. The van der Waals surface area contributed by atoms with E-state index in [0.717, 1.165) is 5.50 Å². The smallest absolute Gasteiger partial charge is 0.156 e. The molecule has 90 valence electrons. The molecule has 0 aliphatic rings. The Morgan fingerprint density at radius 3 is 1.88 bits per heavy atom. The Labute approximate surface area is 107 Å². The molecule has 0 aromatic heterocycles. The van der Waals surface area contributed by atoms with Crippen LogP contribution in [0.3, 0.4) is 0 Å². The fourth-order valence-corrected chi connectivity index (χ4v) is 12.3. The highest BCUT2D eigenvalue weighted by atomic mass is 35.5. The molecule has 1 nitrogen and oxygen atoms in total. The summed E-state index contributed by atoms with van der Waals surface area (Å²) in [4.78, 5) is 0. The molecule has 0 N–H and O–H groups in total. The lowest BCUT2D eigenvalue weighted by Crippen LogP contribution is -2.62. The summed E-state index contributed by atoms with van der Waals surface area (Å²) in [7, 11) is -2.90. The standard InChI is InChI=1S/C12H22ClNSi2/c1-15(2,3)14(16(4,5)11-13)12-9-7-6-8-10-12/h6-10H,11H2,1-5H3. The molecule has 0 fully saturated rings. The van der Waals surface area contributed by atoms with E-state index in [-0.39, 0.29) is 0 Å². The molecule has 0 radical (unpaired) electrons. The van der Waals surface area contributed by atoms with E-state index in [9.17, 15) is 0 Å². The molecule has 0 spiro atoms. The first-order valence-corrected chi connectivity index (χ1v) is 12.8. The fourth-order valence-electron chi connectivity index (χ4n) is 2.28. The van der Waals surface area contributed by atoms with Crippen molar-refractivity contribution in [3.63, 3.8) is 0 Å². The summed E-state index contributed by atoms with van der Waals surface area (Å²) in [6.45, 7) is 11.9. The molecule has 0 saturated carbocycles. The lowest BCUT2D eigenvalue weighted by Gasteiger charge is -2.46. The predicted molar refractivity (Wildman–Crippen MR) is 80.5 cm³/mol. The molecule has 1 aromatic carbocycles. The van der Waals surface area contributed by atoms with E-state index in [1.54, 1.807) is 0 Å². The van der Waals surface area contributed by atoms with E-state index >= 15 is 0 Å². The number of para-hydroxylation sites is 1. The summed E-state index contributed by atoms with van der Waals surface area (Å²) in [5, 5.41) is 0. The van der Waals surface area contributed by atoms with E-state index in [2.05, 4.69) is 67.3 Å². The second-order valence-corrected chi connectivity index (χ2v) is 16.2. The topological polar surface area (TPSA) is 3.24 Å². The van der Waals surface area contributed by atoms with E-state index in [1.165, 1.54) is 5.69 Å². The van der Waals surface area contributed by atoms with Crippen molar-refractivity contribution in [3.8, 4) is 0 Å². The van der Waals surface area contributed by atoms with Crippen LogP contribution >= 0.6 is 11.6 Å². The third kappa shape index (κ3) is 3.12. The summed E-state index contributed by atoms with van der Waals surface area (Å²) in [5.41, 5.74) is 2.13. The van der Waals surface area contributed by atoms with Crippen LogP contribution in [0.1, 0.15) is 0 Å². The Morgan fingerprint density at radius 1 is 1.00 bits per heavy atom. The van der Waals surface area contributed by atoms with Crippen molar-refractivity contribution in [1.29, 1.82) is 0 Å². The van der Waals surface area contributed by atoms with Crippen LogP contribution < -0.4 is 4.23 Å². The second-order valence-electron chi connectivity index (χ2n) is 5.79. The van der Waals surface area contributed by atoms with Gasteiger partial charge in [0.1, 0.15) is 8.24 Å². The minimum absolute atomic E-state index is 0.784. The minimum Gasteiger partial charge on any atom is -0.424 e. The van der Waals surface area contributed by atoms with Crippen molar-refractivity contribution in [3.05, 3.63) is 30.3 Å². The Balaban J connectivity index is 3.18. The Kier molecular flexibility index (Phi) is 4.26. The van der Waals surface area contributed by atoms with Crippen molar-refractivity contribution < 1.29 is 0 Å². The van der Waals surface area contributed by atoms with Crippen LogP contribution in [-0.2, 0) is 0 Å². The number of rotatable bonds is 4. The number of anilines is 1. The second kappa shape index (κ2) is 4.94. The molecular weight excluding hydrogens is 250 g/mol. The number of hydrogen-bond acceptors (Lipinski definition) is 1. The molecule has 4 heteroatoms. The largest absolute Gasteiger partial charge is 0.424 e. The van der Waals surface area contributed by atoms with Crippen LogP contribution in [0.25, 0.3) is 0 Å². The van der Waals surface area contributed by atoms with Gasteiger partial charge in [-0.3, -0.25) is 0 Å².